The second kappa shape index (κ2) is 5.02. The van der Waals surface area contributed by atoms with E-state index in [0.717, 1.165) is 10.0 Å². The summed E-state index contributed by atoms with van der Waals surface area (Å²) in [6.45, 7) is 3.92. The highest BCUT2D eigenvalue weighted by Gasteiger charge is 2.27. The fourth-order valence-corrected chi connectivity index (χ4v) is 1.96. The highest BCUT2D eigenvalue weighted by Crippen LogP contribution is 2.30. The smallest absolute Gasteiger partial charge is 0.233 e. The zero-order valence-corrected chi connectivity index (χ0v) is 12.2. The minimum absolute atomic E-state index is 0.356. The predicted octanol–water partition coefficient (Wildman–Crippen LogP) is 2.78. The van der Waals surface area contributed by atoms with Crippen molar-refractivity contribution < 1.29 is 4.52 Å². The summed E-state index contributed by atoms with van der Waals surface area (Å²) in [5, 5.41) is 3.97. The molecule has 0 bridgehead atoms. The number of rotatable bonds is 3. The summed E-state index contributed by atoms with van der Waals surface area (Å²) >= 11 is 3.39. The Morgan fingerprint density at radius 2 is 2.26 bits per heavy atom. The average molecular weight is 321 g/mol. The van der Waals surface area contributed by atoms with E-state index < -0.39 is 0 Å². The maximum Gasteiger partial charge on any atom is 0.233 e. The molecule has 2 aromatic heterocycles. The first-order chi connectivity index (χ1) is 8.94. The number of hydrogen-bond donors (Lipinski definition) is 1. The van der Waals surface area contributed by atoms with Crippen molar-refractivity contribution in [3.8, 4) is 23.7 Å². The van der Waals surface area contributed by atoms with Gasteiger partial charge in [-0.1, -0.05) is 19.0 Å². The first kappa shape index (κ1) is 13.6. The quantitative estimate of drug-likeness (QED) is 0.880. The summed E-state index contributed by atoms with van der Waals surface area (Å²) in [6, 6.07) is 1.69. The van der Waals surface area contributed by atoms with Gasteiger partial charge in [-0.05, 0) is 22.0 Å². The van der Waals surface area contributed by atoms with E-state index in [2.05, 4.69) is 37.0 Å². The predicted molar refractivity (Wildman–Crippen MR) is 76.1 cm³/mol. The molecule has 0 aliphatic rings. The molecule has 0 aromatic carbocycles. The van der Waals surface area contributed by atoms with Crippen molar-refractivity contribution in [1.82, 2.24) is 15.1 Å². The molecule has 0 saturated heterocycles. The number of hydrogen-bond acceptors (Lipinski definition) is 5. The molecule has 6 heteroatoms. The summed E-state index contributed by atoms with van der Waals surface area (Å²) in [5.74, 6) is 3.97. The third kappa shape index (κ3) is 2.76. The lowest BCUT2D eigenvalue weighted by atomic mass is 9.90. The third-order valence-corrected chi connectivity index (χ3v) is 3.30. The van der Waals surface area contributed by atoms with Gasteiger partial charge in [-0.15, -0.1) is 12.3 Å². The van der Waals surface area contributed by atoms with Crippen LogP contribution in [0.25, 0.3) is 11.4 Å². The minimum Gasteiger partial charge on any atom is -0.384 e. The van der Waals surface area contributed by atoms with Crippen LogP contribution in [0.3, 0.4) is 0 Å². The van der Waals surface area contributed by atoms with E-state index in [1.54, 1.807) is 12.3 Å². The van der Waals surface area contributed by atoms with E-state index >= 15 is 0 Å². The Labute approximate surface area is 119 Å². The van der Waals surface area contributed by atoms with E-state index in [-0.39, 0.29) is 5.41 Å². The van der Waals surface area contributed by atoms with Gasteiger partial charge in [0.1, 0.15) is 5.82 Å². The molecule has 0 aliphatic heterocycles. The fraction of sp³-hybridized carbons (Fsp3) is 0.308. The molecule has 5 nitrogen and oxygen atoms in total. The molecule has 0 fully saturated rings. The summed E-state index contributed by atoms with van der Waals surface area (Å²) in [6.07, 6.45) is 7.47. The van der Waals surface area contributed by atoms with Crippen LogP contribution in [-0.2, 0) is 5.41 Å². The van der Waals surface area contributed by atoms with E-state index in [1.807, 2.05) is 13.8 Å². The van der Waals surface area contributed by atoms with Crippen LogP contribution in [0.1, 0.15) is 26.2 Å². The lowest BCUT2D eigenvalue weighted by Gasteiger charge is -2.15. The van der Waals surface area contributed by atoms with E-state index in [1.165, 1.54) is 0 Å². The molecule has 0 radical (unpaired) electrons. The molecule has 0 atom stereocenters. The molecule has 2 heterocycles. The molecule has 0 aliphatic carbocycles. The molecule has 2 aromatic rings. The fourth-order valence-electron chi connectivity index (χ4n) is 1.56. The van der Waals surface area contributed by atoms with Crippen LogP contribution >= 0.6 is 15.9 Å². The Kier molecular flexibility index (Phi) is 3.58. The van der Waals surface area contributed by atoms with Crippen molar-refractivity contribution in [3.63, 3.8) is 0 Å². The SMILES string of the molecule is C#CCC(C)(C)c1nc(-c2cc(N)ncc2Br)no1. The number of terminal acetylenes is 1. The van der Waals surface area contributed by atoms with Crippen LogP contribution < -0.4 is 5.73 Å². The standard InChI is InChI=1S/C13H13BrN4O/c1-4-5-13(2,3)12-17-11(18-19-12)8-6-10(15)16-7-9(8)14/h1,6-7H,5H2,2-3H3,(H2,15,16). The van der Waals surface area contributed by atoms with Crippen molar-refractivity contribution in [2.24, 2.45) is 0 Å². The van der Waals surface area contributed by atoms with E-state index in [0.29, 0.717) is 24.0 Å². The molecule has 0 unspecified atom stereocenters. The van der Waals surface area contributed by atoms with Crippen molar-refractivity contribution in [2.75, 3.05) is 5.73 Å². The topological polar surface area (TPSA) is 77.8 Å². The first-order valence-electron chi connectivity index (χ1n) is 5.63. The number of nitrogens with two attached hydrogens (primary N) is 1. The molecular formula is C13H13BrN4O. The van der Waals surface area contributed by atoms with Gasteiger partial charge in [0, 0.05) is 22.7 Å². The minimum atomic E-state index is -0.356. The normalized spacial score (nSPS) is 11.3. The Bertz CT molecular complexity index is 642. The van der Waals surface area contributed by atoms with Crippen molar-refractivity contribution in [2.45, 2.75) is 25.7 Å². The monoisotopic (exact) mass is 320 g/mol. The van der Waals surface area contributed by atoms with Gasteiger partial charge >= 0.3 is 0 Å². The van der Waals surface area contributed by atoms with Crippen LogP contribution in [0.15, 0.2) is 21.3 Å². The lowest BCUT2D eigenvalue weighted by Crippen LogP contribution is -2.16. The Balaban J connectivity index is 2.42. The number of anilines is 1. The van der Waals surface area contributed by atoms with Gasteiger partial charge in [0.15, 0.2) is 0 Å². The van der Waals surface area contributed by atoms with Gasteiger partial charge < -0.3 is 10.3 Å². The van der Waals surface area contributed by atoms with Gasteiger partial charge in [-0.3, -0.25) is 0 Å². The molecule has 0 spiro atoms. The van der Waals surface area contributed by atoms with Gasteiger partial charge in [0.25, 0.3) is 0 Å². The lowest BCUT2D eigenvalue weighted by molar-refractivity contribution is 0.310. The summed E-state index contributed by atoms with van der Waals surface area (Å²) < 4.78 is 6.05. The second-order valence-electron chi connectivity index (χ2n) is 4.78. The van der Waals surface area contributed by atoms with Gasteiger partial charge in [0.05, 0.1) is 5.41 Å². The maximum atomic E-state index is 5.66. The molecule has 2 rings (SSSR count). The summed E-state index contributed by atoms with van der Waals surface area (Å²) in [5.41, 5.74) is 6.04. The zero-order valence-electron chi connectivity index (χ0n) is 10.6. The number of aromatic nitrogens is 3. The van der Waals surface area contributed by atoms with Crippen LogP contribution in [0.2, 0.25) is 0 Å². The van der Waals surface area contributed by atoms with Crippen molar-refractivity contribution in [1.29, 1.82) is 0 Å². The van der Waals surface area contributed by atoms with Crippen LogP contribution in [-0.4, -0.2) is 15.1 Å². The van der Waals surface area contributed by atoms with Crippen LogP contribution in [0.4, 0.5) is 5.82 Å². The second-order valence-corrected chi connectivity index (χ2v) is 5.63. The molecule has 0 saturated carbocycles. The van der Waals surface area contributed by atoms with Crippen LogP contribution in [0.5, 0.6) is 0 Å². The number of pyridine rings is 1. The molecule has 19 heavy (non-hydrogen) atoms. The van der Waals surface area contributed by atoms with Crippen molar-refractivity contribution >= 4 is 21.7 Å². The van der Waals surface area contributed by atoms with Crippen molar-refractivity contribution in [3.05, 3.63) is 22.6 Å². The highest BCUT2D eigenvalue weighted by molar-refractivity contribution is 9.10. The largest absolute Gasteiger partial charge is 0.384 e. The number of halogens is 1. The van der Waals surface area contributed by atoms with E-state index in [9.17, 15) is 0 Å². The number of nitrogen functional groups attached to an aromatic ring is 1. The zero-order chi connectivity index (χ0) is 14.0. The maximum absolute atomic E-state index is 5.66. The molecule has 98 valence electrons. The molecule has 2 N–H and O–H groups in total. The third-order valence-electron chi connectivity index (χ3n) is 2.67. The van der Waals surface area contributed by atoms with Gasteiger partial charge in [-0.25, -0.2) is 4.98 Å². The first-order valence-corrected chi connectivity index (χ1v) is 6.42. The summed E-state index contributed by atoms with van der Waals surface area (Å²) in [4.78, 5) is 8.35. The highest BCUT2D eigenvalue weighted by atomic mass is 79.9. The van der Waals surface area contributed by atoms with Gasteiger partial charge in [0.2, 0.25) is 11.7 Å². The Hall–Kier alpha value is -1.87. The molecule has 0 amide bonds. The Morgan fingerprint density at radius 3 is 2.95 bits per heavy atom. The Morgan fingerprint density at radius 1 is 1.53 bits per heavy atom. The summed E-state index contributed by atoms with van der Waals surface area (Å²) in [7, 11) is 0. The van der Waals surface area contributed by atoms with Crippen LogP contribution in [0, 0.1) is 12.3 Å². The number of nitrogens with zero attached hydrogens (tertiary/aromatic N) is 3. The molecular weight excluding hydrogens is 308 g/mol. The van der Waals surface area contributed by atoms with Gasteiger partial charge in [-0.2, -0.15) is 4.98 Å². The average Bonchev–Trinajstić information content (AvgIpc) is 2.82. The van der Waals surface area contributed by atoms with E-state index in [4.69, 9.17) is 16.7 Å².